The second-order valence-corrected chi connectivity index (χ2v) is 4.26. The van der Waals surface area contributed by atoms with Gasteiger partial charge in [0.05, 0.1) is 6.10 Å². The lowest BCUT2D eigenvalue weighted by atomic mass is 10.1. The average molecular weight is 258 g/mol. The summed E-state index contributed by atoms with van der Waals surface area (Å²) in [6.45, 7) is 2.69. The molecule has 1 atom stereocenters. The molecular formula is C16H18O3. The molecule has 0 amide bonds. The molecule has 19 heavy (non-hydrogen) atoms. The lowest BCUT2D eigenvalue weighted by Gasteiger charge is -2.10. The van der Waals surface area contributed by atoms with E-state index in [1.165, 1.54) is 0 Å². The Bertz CT molecular complexity index is 494. The highest BCUT2D eigenvalue weighted by atomic mass is 16.5. The van der Waals surface area contributed by atoms with E-state index in [1.54, 1.807) is 6.92 Å². The van der Waals surface area contributed by atoms with Gasteiger partial charge < -0.3 is 14.6 Å². The standard InChI is InChI=1S/C16H18O3/c1-13(17)14-6-5-9-16(12-14)19-11-10-18-15-7-3-2-4-8-15/h2-9,12-13,17H,10-11H2,1H3. The molecule has 3 heteroatoms. The van der Waals surface area contributed by atoms with Crippen LogP contribution in [0.3, 0.4) is 0 Å². The van der Waals surface area contributed by atoms with Gasteiger partial charge in [0, 0.05) is 0 Å². The zero-order chi connectivity index (χ0) is 13.5. The van der Waals surface area contributed by atoms with E-state index in [9.17, 15) is 5.11 Å². The first kappa shape index (κ1) is 13.4. The Kier molecular flexibility index (Phi) is 4.81. The van der Waals surface area contributed by atoms with Crippen molar-refractivity contribution >= 4 is 0 Å². The maximum Gasteiger partial charge on any atom is 0.122 e. The van der Waals surface area contributed by atoms with Crippen LogP contribution < -0.4 is 9.47 Å². The van der Waals surface area contributed by atoms with Crippen molar-refractivity contribution < 1.29 is 14.6 Å². The Morgan fingerprint density at radius 2 is 1.53 bits per heavy atom. The third-order valence-corrected chi connectivity index (χ3v) is 2.70. The smallest absolute Gasteiger partial charge is 0.122 e. The third-order valence-electron chi connectivity index (χ3n) is 2.70. The van der Waals surface area contributed by atoms with Gasteiger partial charge >= 0.3 is 0 Å². The van der Waals surface area contributed by atoms with Crippen molar-refractivity contribution in [3.63, 3.8) is 0 Å². The molecule has 0 saturated heterocycles. The van der Waals surface area contributed by atoms with Gasteiger partial charge in [-0.1, -0.05) is 30.3 Å². The van der Waals surface area contributed by atoms with Crippen LogP contribution >= 0.6 is 0 Å². The summed E-state index contributed by atoms with van der Waals surface area (Å²) >= 11 is 0. The van der Waals surface area contributed by atoms with Gasteiger partial charge in [-0.15, -0.1) is 0 Å². The summed E-state index contributed by atoms with van der Waals surface area (Å²) in [5.74, 6) is 1.58. The normalized spacial score (nSPS) is 11.9. The zero-order valence-corrected chi connectivity index (χ0v) is 11.0. The Balaban J connectivity index is 1.78. The van der Waals surface area contributed by atoms with Crippen molar-refractivity contribution in [1.29, 1.82) is 0 Å². The molecule has 100 valence electrons. The maximum absolute atomic E-state index is 9.49. The molecule has 1 N–H and O–H groups in total. The molecular weight excluding hydrogens is 240 g/mol. The molecule has 0 fully saturated rings. The van der Waals surface area contributed by atoms with E-state index in [0.29, 0.717) is 13.2 Å². The van der Waals surface area contributed by atoms with Crippen molar-refractivity contribution in [2.75, 3.05) is 13.2 Å². The SMILES string of the molecule is CC(O)c1cccc(OCCOc2ccccc2)c1. The van der Waals surface area contributed by atoms with E-state index < -0.39 is 6.10 Å². The molecule has 3 nitrogen and oxygen atoms in total. The summed E-state index contributed by atoms with van der Waals surface area (Å²) in [5, 5.41) is 9.49. The maximum atomic E-state index is 9.49. The summed E-state index contributed by atoms with van der Waals surface area (Å²) in [7, 11) is 0. The topological polar surface area (TPSA) is 38.7 Å². The van der Waals surface area contributed by atoms with Crippen LogP contribution in [-0.4, -0.2) is 18.3 Å². The number of para-hydroxylation sites is 1. The molecule has 0 aliphatic heterocycles. The number of hydrogen-bond donors (Lipinski definition) is 1. The van der Waals surface area contributed by atoms with E-state index in [-0.39, 0.29) is 0 Å². The predicted molar refractivity (Wildman–Crippen MR) is 74.5 cm³/mol. The highest BCUT2D eigenvalue weighted by molar-refractivity contribution is 5.29. The molecule has 2 aromatic carbocycles. The molecule has 0 radical (unpaired) electrons. The quantitative estimate of drug-likeness (QED) is 0.809. The van der Waals surface area contributed by atoms with Crippen LogP contribution in [-0.2, 0) is 0 Å². The largest absolute Gasteiger partial charge is 0.490 e. The lowest BCUT2D eigenvalue weighted by molar-refractivity contribution is 0.196. The van der Waals surface area contributed by atoms with Crippen molar-refractivity contribution in [2.24, 2.45) is 0 Å². The van der Waals surface area contributed by atoms with E-state index in [4.69, 9.17) is 9.47 Å². The van der Waals surface area contributed by atoms with Gasteiger partial charge in [0.1, 0.15) is 24.7 Å². The Labute approximate surface area is 113 Å². The first-order valence-corrected chi connectivity index (χ1v) is 6.34. The van der Waals surface area contributed by atoms with Crippen molar-refractivity contribution in [2.45, 2.75) is 13.0 Å². The average Bonchev–Trinajstić information content (AvgIpc) is 2.45. The Hall–Kier alpha value is -2.00. The fourth-order valence-electron chi connectivity index (χ4n) is 1.70. The number of aliphatic hydroxyl groups is 1. The summed E-state index contributed by atoms with van der Waals surface area (Å²) in [6, 6.07) is 17.1. The van der Waals surface area contributed by atoms with Crippen LogP contribution in [0.25, 0.3) is 0 Å². The molecule has 0 bridgehead atoms. The van der Waals surface area contributed by atoms with Crippen LogP contribution in [0.4, 0.5) is 0 Å². The monoisotopic (exact) mass is 258 g/mol. The highest BCUT2D eigenvalue weighted by Crippen LogP contribution is 2.18. The minimum absolute atomic E-state index is 0.470. The van der Waals surface area contributed by atoms with Crippen LogP contribution in [0.5, 0.6) is 11.5 Å². The lowest BCUT2D eigenvalue weighted by Crippen LogP contribution is -2.09. The molecule has 0 aliphatic rings. The summed E-state index contributed by atoms with van der Waals surface area (Å²) in [6.07, 6.45) is -0.482. The molecule has 0 saturated carbocycles. The van der Waals surface area contributed by atoms with Crippen LogP contribution in [0.15, 0.2) is 54.6 Å². The van der Waals surface area contributed by atoms with Crippen molar-refractivity contribution in [3.05, 3.63) is 60.2 Å². The zero-order valence-electron chi connectivity index (χ0n) is 11.0. The van der Waals surface area contributed by atoms with Crippen molar-refractivity contribution in [3.8, 4) is 11.5 Å². The van der Waals surface area contributed by atoms with Crippen LogP contribution in [0.1, 0.15) is 18.6 Å². The fraction of sp³-hybridized carbons (Fsp3) is 0.250. The van der Waals surface area contributed by atoms with Gasteiger partial charge in [0.15, 0.2) is 0 Å². The van der Waals surface area contributed by atoms with Crippen molar-refractivity contribution in [1.82, 2.24) is 0 Å². The minimum atomic E-state index is -0.482. The van der Waals surface area contributed by atoms with Gasteiger partial charge in [-0.05, 0) is 36.8 Å². The van der Waals surface area contributed by atoms with Crippen LogP contribution in [0.2, 0.25) is 0 Å². The van der Waals surface area contributed by atoms with Gasteiger partial charge in [-0.2, -0.15) is 0 Å². The second kappa shape index (κ2) is 6.81. The second-order valence-electron chi connectivity index (χ2n) is 4.26. The molecule has 0 aromatic heterocycles. The number of ether oxygens (including phenoxy) is 2. The summed E-state index contributed by atoms with van der Waals surface area (Å²) in [4.78, 5) is 0. The summed E-state index contributed by atoms with van der Waals surface area (Å²) < 4.78 is 11.1. The molecule has 1 unspecified atom stereocenters. The van der Waals surface area contributed by atoms with Gasteiger partial charge in [-0.3, -0.25) is 0 Å². The minimum Gasteiger partial charge on any atom is -0.490 e. The van der Waals surface area contributed by atoms with E-state index in [2.05, 4.69) is 0 Å². The Morgan fingerprint density at radius 3 is 2.21 bits per heavy atom. The van der Waals surface area contributed by atoms with E-state index >= 15 is 0 Å². The summed E-state index contributed by atoms with van der Waals surface area (Å²) in [5.41, 5.74) is 0.849. The predicted octanol–water partition coefficient (Wildman–Crippen LogP) is 3.20. The van der Waals surface area contributed by atoms with Crippen LogP contribution in [0, 0.1) is 0 Å². The Morgan fingerprint density at radius 1 is 0.895 bits per heavy atom. The molecule has 2 rings (SSSR count). The molecule has 0 aliphatic carbocycles. The van der Waals surface area contributed by atoms with E-state index in [0.717, 1.165) is 17.1 Å². The molecule has 0 spiro atoms. The number of aliphatic hydroxyl groups excluding tert-OH is 1. The first-order chi connectivity index (χ1) is 9.25. The van der Waals surface area contributed by atoms with Gasteiger partial charge in [-0.25, -0.2) is 0 Å². The molecule has 0 heterocycles. The number of rotatable bonds is 6. The van der Waals surface area contributed by atoms with Gasteiger partial charge in [0.25, 0.3) is 0 Å². The number of benzene rings is 2. The number of hydrogen-bond acceptors (Lipinski definition) is 3. The van der Waals surface area contributed by atoms with E-state index in [1.807, 2.05) is 54.6 Å². The first-order valence-electron chi connectivity index (χ1n) is 6.34. The van der Waals surface area contributed by atoms with Gasteiger partial charge in [0.2, 0.25) is 0 Å². The molecule has 2 aromatic rings. The fourth-order valence-corrected chi connectivity index (χ4v) is 1.70. The third kappa shape index (κ3) is 4.30. The highest BCUT2D eigenvalue weighted by Gasteiger charge is 2.02.